The topological polar surface area (TPSA) is 108 Å². The van der Waals surface area contributed by atoms with Crippen LogP contribution in [0.5, 0.6) is 0 Å². The minimum absolute atomic E-state index is 0.0862. The lowest BCUT2D eigenvalue weighted by Crippen LogP contribution is -2.33. The number of aryl methyl sites for hydroxylation is 1. The molecule has 2 aromatic carbocycles. The first kappa shape index (κ1) is 25.0. The standard InChI is InChI=1S/C23H27NO8S/c1-18-6-8-19(9-7-18)33(27,28)32-17-16-31-15-14-30-13-12-29-11-10-24-22(25)20-4-2-3-5-21(20)23(24)26/h2-9H,10-17H2,1H3. The van der Waals surface area contributed by atoms with Crippen molar-refractivity contribution in [2.75, 3.05) is 52.8 Å². The van der Waals surface area contributed by atoms with E-state index < -0.39 is 10.1 Å². The van der Waals surface area contributed by atoms with E-state index in [0.29, 0.717) is 30.9 Å². The molecule has 178 valence electrons. The van der Waals surface area contributed by atoms with Gasteiger partial charge in [-0.2, -0.15) is 8.42 Å². The molecule has 1 aliphatic heterocycles. The van der Waals surface area contributed by atoms with Crippen molar-refractivity contribution in [1.29, 1.82) is 0 Å². The monoisotopic (exact) mass is 477 g/mol. The molecule has 1 heterocycles. The highest BCUT2D eigenvalue weighted by molar-refractivity contribution is 7.86. The van der Waals surface area contributed by atoms with Gasteiger partial charge in [-0.15, -0.1) is 0 Å². The van der Waals surface area contributed by atoms with E-state index in [1.807, 2.05) is 6.92 Å². The summed E-state index contributed by atoms with van der Waals surface area (Å²) in [6, 6.07) is 13.2. The summed E-state index contributed by atoms with van der Waals surface area (Å²) in [5.74, 6) is -0.605. The molecule has 2 aromatic rings. The third-order valence-electron chi connectivity index (χ3n) is 4.86. The molecule has 0 radical (unpaired) electrons. The quantitative estimate of drug-likeness (QED) is 0.231. The van der Waals surface area contributed by atoms with Crippen LogP contribution in [0.1, 0.15) is 26.3 Å². The molecule has 33 heavy (non-hydrogen) atoms. The summed E-state index contributed by atoms with van der Waals surface area (Å²) in [6.45, 7) is 3.53. The zero-order chi connectivity index (χ0) is 23.7. The van der Waals surface area contributed by atoms with Gasteiger partial charge in [0.15, 0.2) is 0 Å². The number of ether oxygens (including phenoxy) is 3. The third kappa shape index (κ3) is 6.92. The van der Waals surface area contributed by atoms with Crippen LogP contribution in [0.3, 0.4) is 0 Å². The first-order chi connectivity index (χ1) is 15.9. The second-order valence-corrected chi connectivity index (χ2v) is 8.85. The minimum atomic E-state index is -3.79. The predicted molar refractivity (Wildman–Crippen MR) is 119 cm³/mol. The highest BCUT2D eigenvalue weighted by atomic mass is 32.2. The average Bonchev–Trinajstić information content (AvgIpc) is 3.05. The Labute approximate surface area is 193 Å². The number of carbonyl (C=O) groups excluding carboxylic acids is 2. The molecule has 2 amide bonds. The van der Waals surface area contributed by atoms with Crippen molar-refractivity contribution in [2.45, 2.75) is 11.8 Å². The van der Waals surface area contributed by atoms with Gasteiger partial charge in [-0.3, -0.25) is 18.7 Å². The molecule has 0 saturated carbocycles. The Morgan fingerprint density at radius 1 is 0.697 bits per heavy atom. The molecule has 0 saturated heterocycles. The van der Waals surface area contributed by atoms with E-state index in [0.717, 1.165) is 5.56 Å². The summed E-state index contributed by atoms with van der Waals surface area (Å²) in [6.07, 6.45) is 0. The van der Waals surface area contributed by atoms with Gasteiger partial charge in [0, 0.05) is 0 Å². The molecular formula is C23H27NO8S. The second-order valence-electron chi connectivity index (χ2n) is 7.23. The largest absolute Gasteiger partial charge is 0.377 e. The number of amides is 2. The fraction of sp³-hybridized carbons (Fsp3) is 0.391. The fourth-order valence-electron chi connectivity index (χ4n) is 3.12. The van der Waals surface area contributed by atoms with Crippen molar-refractivity contribution in [3.8, 4) is 0 Å². The number of fused-ring (bicyclic) bond motifs is 1. The van der Waals surface area contributed by atoms with Gasteiger partial charge in [-0.25, -0.2) is 0 Å². The zero-order valence-electron chi connectivity index (χ0n) is 18.4. The maximum atomic E-state index is 12.2. The van der Waals surface area contributed by atoms with Crippen molar-refractivity contribution >= 4 is 21.9 Å². The maximum absolute atomic E-state index is 12.2. The Hall–Kier alpha value is -2.63. The summed E-state index contributed by atoms with van der Waals surface area (Å²) in [7, 11) is -3.79. The van der Waals surface area contributed by atoms with E-state index >= 15 is 0 Å². The summed E-state index contributed by atoms with van der Waals surface area (Å²) in [4.78, 5) is 25.7. The van der Waals surface area contributed by atoms with Gasteiger partial charge in [0.1, 0.15) is 0 Å². The van der Waals surface area contributed by atoms with E-state index in [2.05, 4.69) is 0 Å². The smallest absolute Gasteiger partial charge is 0.297 e. The molecule has 0 atom stereocenters. The number of carbonyl (C=O) groups is 2. The van der Waals surface area contributed by atoms with Crippen molar-refractivity contribution in [2.24, 2.45) is 0 Å². The molecule has 9 nitrogen and oxygen atoms in total. The normalized spacial score (nSPS) is 13.5. The van der Waals surface area contributed by atoms with Gasteiger partial charge < -0.3 is 14.2 Å². The van der Waals surface area contributed by atoms with Crippen LogP contribution >= 0.6 is 0 Å². The molecule has 0 fully saturated rings. The van der Waals surface area contributed by atoms with Crippen molar-refractivity contribution in [1.82, 2.24) is 4.90 Å². The van der Waals surface area contributed by atoms with Crippen LogP contribution in [0.4, 0.5) is 0 Å². The molecule has 0 aliphatic carbocycles. The average molecular weight is 478 g/mol. The number of hydrogen-bond donors (Lipinski definition) is 0. The molecule has 3 rings (SSSR count). The predicted octanol–water partition coefficient (Wildman–Crippen LogP) is 2.05. The first-order valence-corrected chi connectivity index (χ1v) is 12.0. The highest BCUT2D eigenvalue weighted by Crippen LogP contribution is 2.21. The summed E-state index contributed by atoms with van der Waals surface area (Å²) in [5.41, 5.74) is 1.80. The van der Waals surface area contributed by atoms with Crippen molar-refractivity contribution < 1.29 is 36.4 Å². The SMILES string of the molecule is Cc1ccc(S(=O)(=O)OCCOCCOCCOCCN2C(=O)c3ccccc3C2=O)cc1. The summed E-state index contributed by atoms with van der Waals surface area (Å²) >= 11 is 0. The van der Waals surface area contributed by atoms with E-state index in [4.69, 9.17) is 18.4 Å². The van der Waals surface area contributed by atoms with Crippen LogP contribution < -0.4 is 0 Å². The minimum Gasteiger partial charge on any atom is -0.377 e. The number of nitrogens with zero attached hydrogens (tertiary/aromatic N) is 1. The van der Waals surface area contributed by atoms with Gasteiger partial charge in [0.05, 0.1) is 68.8 Å². The van der Waals surface area contributed by atoms with Crippen LogP contribution in [0, 0.1) is 6.92 Å². The van der Waals surface area contributed by atoms with Crippen LogP contribution in [0.2, 0.25) is 0 Å². The van der Waals surface area contributed by atoms with Gasteiger partial charge in [-0.05, 0) is 31.2 Å². The molecule has 0 aromatic heterocycles. The second kappa shape index (κ2) is 12.0. The van der Waals surface area contributed by atoms with E-state index in [1.165, 1.54) is 17.0 Å². The maximum Gasteiger partial charge on any atom is 0.297 e. The Kier molecular flexibility index (Phi) is 9.10. The molecule has 10 heteroatoms. The van der Waals surface area contributed by atoms with Gasteiger partial charge in [-0.1, -0.05) is 29.8 Å². The van der Waals surface area contributed by atoms with Crippen LogP contribution in [-0.4, -0.2) is 77.9 Å². The third-order valence-corrected chi connectivity index (χ3v) is 6.18. The lowest BCUT2D eigenvalue weighted by molar-refractivity contribution is 0.00705. The van der Waals surface area contributed by atoms with E-state index in [9.17, 15) is 18.0 Å². The molecule has 0 unspecified atom stereocenters. The lowest BCUT2D eigenvalue weighted by Gasteiger charge is -2.13. The Morgan fingerprint density at radius 3 is 1.73 bits per heavy atom. The van der Waals surface area contributed by atoms with E-state index in [1.54, 1.807) is 36.4 Å². The lowest BCUT2D eigenvalue weighted by atomic mass is 10.1. The van der Waals surface area contributed by atoms with Crippen LogP contribution in [0.15, 0.2) is 53.4 Å². The highest BCUT2D eigenvalue weighted by Gasteiger charge is 2.34. The number of benzene rings is 2. The van der Waals surface area contributed by atoms with Crippen LogP contribution in [-0.2, 0) is 28.5 Å². The van der Waals surface area contributed by atoms with Crippen molar-refractivity contribution in [3.63, 3.8) is 0 Å². The number of hydrogen-bond acceptors (Lipinski definition) is 8. The summed E-state index contributed by atoms with van der Waals surface area (Å²) < 4.78 is 45.1. The van der Waals surface area contributed by atoms with Gasteiger partial charge in [0.25, 0.3) is 21.9 Å². The summed E-state index contributed by atoms with van der Waals surface area (Å²) in [5, 5.41) is 0. The van der Waals surface area contributed by atoms with Gasteiger partial charge in [0.2, 0.25) is 0 Å². The molecular weight excluding hydrogens is 450 g/mol. The Morgan fingerprint density at radius 2 is 1.18 bits per heavy atom. The molecule has 0 bridgehead atoms. The number of imide groups is 1. The molecule has 0 spiro atoms. The van der Waals surface area contributed by atoms with E-state index in [-0.39, 0.29) is 49.7 Å². The van der Waals surface area contributed by atoms with Crippen LogP contribution in [0.25, 0.3) is 0 Å². The Balaban J connectivity index is 1.18. The van der Waals surface area contributed by atoms with Gasteiger partial charge >= 0.3 is 0 Å². The van der Waals surface area contributed by atoms with Crippen molar-refractivity contribution in [3.05, 3.63) is 65.2 Å². The first-order valence-electron chi connectivity index (χ1n) is 10.5. The Bertz CT molecular complexity index is 1020. The molecule has 1 aliphatic rings. The molecule has 0 N–H and O–H groups in total. The fourth-order valence-corrected chi connectivity index (χ4v) is 4.01. The zero-order valence-corrected chi connectivity index (χ0v) is 19.2. The number of rotatable bonds is 14.